The van der Waals surface area contributed by atoms with Crippen LogP contribution in [0.2, 0.25) is 0 Å². The van der Waals surface area contributed by atoms with E-state index < -0.39 is 5.97 Å². The Morgan fingerprint density at radius 3 is 2.57 bits per heavy atom. The van der Waals surface area contributed by atoms with Crippen molar-refractivity contribution in [3.8, 4) is 5.75 Å². The van der Waals surface area contributed by atoms with Gasteiger partial charge in [-0.05, 0) is 51.9 Å². The number of benzene rings is 3. The van der Waals surface area contributed by atoms with Crippen molar-refractivity contribution in [1.29, 1.82) is 0 Å². The average Bonchev–Trinajstić information content (AvgIpc) is 3.17. The zero-order chi connectivity index (χ0) is 20.9. The molecule has 0 aliphatic rings. The third-order valence-electron chi connectivity index (χ3n) is 4.37. The van der Waals surface area contributed by atoms with Gasteiger partial charge in [0.15, 0.2) is 0 Å². The molecule has 4 rings (SSSR count). The number of aromatic nitrogens is 2. The molecule has 1 heterocycles. The lowest BCUT2D eigenvalue weighted by Gasteiger charge is -2.09. The SMILES string of the molecule is Cc1nnc(S/C(=C\c2ccc(OCc3cccc4ccccc34)cc2)C(=O)O)o1. The van der Waals surface area contributed by atoms with Crippen molar-refractivity contribution < 1.29 is 19.1 Å². The molecule has 0 amide bonds. The highest BCUT2D eigenvalue weighted by atomic mass is 32.2. The molecule has 150 valence electrons. The molecule has 1 aromatic heterocycles. The van der Waals surface area contributed by atoms with Crippen molar-refractivity contribution in [2.45, 2.75) is 18.8 Å². The number of hydrogen-bond acceptors (Lipinski definition) is 6. The monoisotopic (exact) mass is 418 g/mol. The molecular formula is C23H18N2O4S. The molecule has 0 unspecified atom stereocenters. The predicted octanol–water partition coefficient (Wildman–Crippen LogP) is 5.33. The molecule has 0 bridgehead atoms. The molecule has 7 heteroatoms. The maximum atomic E-state index is 11.5. The molecule has 0 atom stereocenters. The number of carboxylic acid groups (broad SMARTS) is 1. The van der Waals surface area contributed by atoms with Gasteiger partial charge < -0.3 is 14.3 Å². The largest absolute Gasteiger partial charge is 0.489 e. The van der Waals surface area contributed by atoms with Gasteiger partial charge in [0.2, 0.25) is 5.89 Å². The van der Waals surface area contributed by atoms with Gasteiger partial charge in [0.05, 0.1) is 0 Å². The minimum Gasteiger partial charge on any atom is -0.489 e. The van der Waals surface area contributed by atoms with Gasteiger partial charge in [-0.25, -0.2) is 4.79 Å². The number of hydrogen-bond donors (Lipinski definition) is 1. The summed E-state index contributed by atoms with van der Waals surface area (Å²) in [6.07, 6.45) is 1.56. The van der Waals surface area contributed by atoms with Gasteiger partial charge in [0.25, 0.3) is 5.22 Å². The summed E-state index contributed by atoms with van der Waals surface area (Å²) in [6.45, 7) is 2.10. The second-order valence-electron chi connectivity index (χ2n) is 6.50. The lowest BCUT2D eigenvalue weighted by molar-refractivity contribution is -0.131. The summed E-state index contributed by atoms with van der Waals surface area (Å²) in [7, 11) is 0. The highest BCUT2D eigenvalue weighted by Crippen LogP contribution is 2.28. The van der Waals surface area contributed by atoms with Crippen molar-refractivity contribution in [1.82, 2.24) is 10.2 Å². The number of thioether (sulfide) groups is 1. The zero-order valence-electron chi connectivity index (χ0n) is 16.1. The van der Waals surface area contributed by atoms with E-state index in [1.807, 2.05) is 30.3 Å². The molecule has 0 aliphatic carbocycles. The van der Waals surface area contributed by atoms with Crippen LogP contribution in [-0.4, -0.2) is 21.3 Å². The first-order valence-electron chi connectivity index (χ1n) is 9.21. The van der Waals surface area contributed by atoms with E-state index in [0.29, 0.717) is 18.2 Å². The maximum Gasteiger partial charge on any atom is 0.342 e. The lowest BCUT2D eigenvalue weighted by Crippen LogP contribution is -1.97. The van der Waals surface area contributed by atoms with Gasteiger partial charge in [0, 0.05) is 6.92 Å². The van der Waals surface area contributed by atoms with E-state index in [1.54, 1.807) is 25.1 Å². The Labute approximate surface area is 177 Å². The van der Waals surface area contributed by atoms with E-state index in [9.17, 15) is 9.90 Å². The Kier molecular flexibility index (Phi) is 5.81. The van der Waals surface area contributed by atoms with Crippen LogP contribution in [0, 0.1) is 6.92 Å². The number of fused-ring (bicyclic) bond motifs is 1. The number of aryl methyl sites for hydroxylation is 1. The molecule has 0 saturated carbocycles. The minimum atomic E-state index is -1.06. The van der Waals surface area contributed by atoms with Crippen molar-refractivity contribution in [3.63, 3.8) is 0 Å². The second kappa shape index (κ2) is 8.84. The number of carbonyl (C=O) groups is 1. The third-order valence-corrected chi connectivity index (χ3v) is 5.22. The van der Waals surface area contributed by atoms with Crippen molar-refractivity contribution >= 4 is 34.6 Å². The molecule has 0 aliphatic heterocycles. The molecule has 1 N–H and O–H groups in total. The summed E-state index contributed by atoms with van der Waals surface area (Å²) in [5.74, 6) is 0.0270. The Morgan fingerprint density at radius 1 is 1.07 bits per heavy atom. The van der Waals surface area contributed by atoms with Gasteiger partial charge in [-0.15, -0.1) is 10.2 Å². The number of rotatable bonds is 7. The number of carboxylic acids is 1. The third kappa shape index (κ3) is 4.69. The molecule has 4 aromatic rings. The Hall–Kier alpha value is -3.58. The molecule has 0 fully saturated rings. The fraction of sp³-hybridized carbons (Fsp3) is 0.0870. The second-order valence-corrected chi connectivity index (χ2v) is 7.49. The lowest BCUT2D eigenvalue weighted by atomic mass is 10.1. The molecule has 30 heavy (non-hydrogen) atoms. The maximum absolute atomic E-state index is 11.5. The Balaban J connectivity index is 1.46. The van der Waals surface area contributed by atoms with Crippen LogP contribution in [0.15, 0.2) is 81.3 Å². The minimum absolute atomic E-state index is 0.0862. The van der Waals surface area contributed by atoms with Crippen molar-refractivity contribution in [2.75, 3.05) is 0 Å². The normalized spacial score (nSPS) is 11.6. The summed E-state index contributed by atoms with van der Waals surface area (Å²) in [5.41, 5.74) is 1.84. The molecular weight excluding hydrogens is 400 g/mol. The van der Waals surface area contributed by atoms with E-state index >= 15 is 0 Å². The average molecular weight is 418 g/mol. The van der Waals surface area contributed by atoms with Crippen molar-refractivity contribution in [3.05, 3.63) is 88.7 Å². The fourth-order valence-corrected chi connectivity index (χ4v) is 3.65. The van der Waals surface area contributed by atoms with Gasteiger partial charge in [-0.1, -0.05) is 54.6 Å². The van der Waals surface area contributed by atoms with Crippen LogP contribution in [0.4, 0.5) is 0 Å². The first-order valence-corrected chi connectivity index (χ1v) is 10.0. The van der Waals surface area contributed by atoms with E-state index in [4.69, 9.17) is 9.15 Å². The highest BCUT2D eigenvalue weighted by Gasteiger charge is 2.14. The highest BCUT2D eigenvalue weighted by molar-refractivity contribution is 8.03. The summed E-state index contributed by atoms with van der Waals surface area (Å²) in [4.78, 5) is 11.6. The summed E-state index contributed by atoms with van der Waals surface area (Å²) in [6, 6.07) is 21.6. The Bertz CT molecular complexity index is 1210. The first kappa shape index (κ1) is 19.7. The van der Waals surface area contributed by atoms with Gasteiger partial charge in [-0.3, -0.25) is 0 Å². The van der Waals surface area contributed by atoms with Crippen molar-refractivity contribution in [2.24, 2.45) is 0 Å². The van der Waals surface area contributed by atoms with Crippen LogP contribution in [0.25, 0.3) is 16.8 Å². The number of nitrogens with zero attached hydrogens (tertiary/aromatic N) is 2. The number of ether oxygens (including phenoxy) is 1. The van der Waals surface area contributed by atoms with Gasteiger partial charge in [-0.2, -0.15) is 0 Å². The van der Waals surface area contributed by atoms with Crippen LogP contribution in [0.5, 0.6) is 5.75 Å². The van der Waals surface area contributed by atoms with E-state index in [1.165, 1.54) is 10.8 Å². The first-order chi connectivity index (χ1) is 14.6. The van der Waals surface area contributed by atoms with Crippen LogP contribution in [0.3, 0.4) is 0 Å². The number of aliphatic carboxylic acids is 1. The molecule has 0 spiro atoms. The van der Waals surface area contributed by atoms with Gasteiger partial charge >= 0.3 is 5.97 Å². The summed E-state index contributed by atoms with van der Waals surface area (Å²) >= 11 is 0.915. The quantitative estimate of drug-likeness (QED) is 0.321. The fourth-order valence-electron chi connectivity index (χ4n) is 2.94. The summed E-state index contributed by atoms with van der Waals surface area (Å²) < 4.78 is 11.2. The van der Waals surface area contributed by atoms with E-state index in [-0.39, 0.29) is 10.1 Å². The molecule has 6 nitrogen and oxygen atoms in total. The molecule has 3 aromatic carbocycles. The van der Waals surface area contributed by atoms with Crippen LogP contribution < -0.4 is 4.74 Å². The summed E-state index contributed by atoms with van der Waals surface area (Å²) in [5, 5.41) is 19.5. The van der Waals surface area contributed by atoms with E-state index in [2.05, 4.69) is 34.5 Å². The zero-order valence-corrected chi connectivity index (χ0v) is 16.9. The van der Waals surface area contributed by atoms with Crippen LogP contribution in [-0.2, 0) is 11.4 Å². The van der Waals surface area contributed by atoms with E-state index in [0.717, 1.165) is 22.9 Å². The van der Waals surface area contributed by atoms with Crippen LogP contribution in [0.1, 0.15) is 17.0 Å². The molecule has 0 saturated heterocycles. The van der Waals surface area contributed by atoms with Crippen LogP contribution >= 0.6 is 11.8 Å². The Morgan fingerprint density at radius 2 is 1.83 bits per heavy atom. The standard InChI is InChI=1S/C23H18N2O4S/c1-15-24-25-23(29-15)30-21(22(26)27)13-16-9-11-19(12-10-16)28-14-18-7-4-6-17-5-2-3-8-20(17)18/h2-13H,14H2,1H3,(H,26,27)/b21-13-. The topological polar surface area (TPSA) is 85.5 Å². The smallest absolute Gasteiger partial charge is 0.342 e. The molecule has 0 radical (unpaired) electrons. The predicted molar refractivity (Wildman–Crippen MR) is 115 cm³/mol. The van der Waals surface area contributed by atoms with Gasteiger partial charge in [0.1, 0.15) is 17.3 Å².